The van der Waals surface area contributed by atoms with Gasteiger partial charge in [0.15, 0.2) is 0 Å². The molecule has 0 aliphatic heterocycles. The zero-order valence-electron chi connectivity index (χ0n) is 7.84. The summed E-state index contributed by atoms with van der Waals surface area (Å²) in [6.07, 6.45) is 3.64. The Bertz CT molecular complexity index is 258. The van der Waals surface area contributed by atoms with Crippen molar-refractivity contribution in [1.29, 1.82) is 0 Å². The standard InChI is InChI=1S/C11H16O/c1-6-4-11-5-7(2)9(11)3-8(6)10(11)12/h6-9H,3-5H2,1-2H3. The van der Waals surface area contributed by atoms with Crippen molar-refractivity contribution >= 4 is 5.78 Å². The lowest BCUT2D eigenvalue weighted by Gasteiger charge is -2.50. The zero-order chi connectivity index (χ0) is 8.51. The van der Waals surface area contributed by atoms with Crippen molar-refractivity contribution in [3.05, 3.63) is 0 Å². The summed E-state index contributed by atoms with van der Waals surface area (Å²) in [5, 5.41) is 0. The molecule has 3 fully saturated rings. The number of hydrogen-bond donors (Lipinski definition) is 0. The molecule has 66 valence electrons. The molecule has 1 nitrogen and oxygen atoms in total. The van der Waals surface area contributed by atoms with Gasteiger partial charge in [-0.3, -0.25) is 4.79 Å². The van der Waals surface area contributed by atoms with Crippen LogP contribution in [0.15, 0.2) is 0 Å². The summed E-state index contributed by atoms with van der Waals surface area (Å²) in [6, 6.07) is 0. The lowest BCUT2D eigenvalue weighted by atomic mass is 9.53. The van der Waals surface area contributed by atoms with Gasteiger partial charge in [-0.25, -0.2) is 0 Å². The smallest absolute Gasteiger partial charge is 0.142 e. The van der Waals surface area contributed by atoms with E-state index in [9.17, 15) is 4.79 Å². The molecule has 0 heterocycles. The molecule has 1 spiro atoms. The number of rotatable bonds is 0. The van der Waals surface area contributed by atoms with Crippen LogP contribution in [0, 0.1) is 29.1 Å². The maximum Gasteiger partial charge on any atom is 0.142 e. The second-order valence-electron chi connectivity index (χ2n) is 5.33. The van der Waals surface area contributed by atoms with E-state index in [2.05, 4.69) is 13.8 Å². The average molecular weight is 164 g/mol. The van der Waals surface area contributed by atoms with Gasteiger partial charge in [-0.15, -0.1) is 0 Å². The van der Waals surface area contributed by atoms with Gasteiger partial charge in [0.25, 0.3) is 0 Å². The molecular formula is C11H16O. The molecule has 5 unspecified atom stereocenters. The van der Waals surface area contributed by atoms with Crippen LogP contribution in [0.3, 0.4) is 0 Å². The Balaban J connectivity index is 2.01. The molecule has 0 aromatic carbocycles. The van der Waals surface area contributed by atoms with Crippen LogP contribution >= 0.6 is 0 Å². The van der Waals surface area contributed by atoms with Crippen molar-refractivity contribution in [2.24, 2.45) is 29.1 Å². The lowest BCUT2D eigenvalue weighted by molar-refractivity contribution is -0.134. The van der Waals surface area contributed by atoms with Crippen LogP contribution in [0.2, 0.25) is 0 Å². The highest BCUT2D eigenvalue weighted by Crippen LogP contribution is 2.69. The molecular weight excluding hydrogens is 148 g/mol. The molecule has 0 amide bonds. The summed E-state index contributed by atoms with van der Waals surface area (Å²) >= 11 is 0. The van der Waals surface area contributed by atoms with Gasteiger partial charge in [-0.1, -0.05) is 13.8 Å². The van der Waals surface area contributed by atoms with Gasteiger partial charge >= 0.3 is 0 Å². The topological polar surface area (TPSA) is 17.1 Å². The van der Waals surface area contributed by atoms with E-state index in [0.717, 1.165) is 11.8 Å². The van der Waals surface area contributed by atoms with Gasteiger partial charge in [0.05, 0.1) is 0 Å². The Kier molecular flexibility index (Phi) is 1.06. The summed E-state index contributed by atoms with van der Waals surface area (Å²) in [5.41, 5.74) is 0.212. The average Bonchev–Trinajstić information content (AvgIpc) is 2.35. The summed E-state index contributed by atoms with van der Waals surface area (Å²) in [4.78, 5) is 11.9. The van der Waals surface area contributed by atoms with Crippen molar-refractivity contribution in [2.75, 3.05) is 0 Å². The summed E-state index contributed by atoms with van der Waals surface area (Å²) in [7, 11) is 0. The molecule has 0 radical (unpaired) electrons. The largest absolute Gasteiger partial charge is 0.299 e. The minimum absolute atomic E-state index is 0.212. The van der Waals surface area contributed by atoms with Crippen molar-refractivity contribution in [2.45, 2.75) is 33.1 Å². The number of hydrogen-bond acceptors (Lipinski definition) is 1. The normalized spacial score (nSPS) is 61.7. The lowest BCUT2D eigenvalue weighted by Crippen LogP contribution is -2.46. The molecule has 0 N–H and O–H groups in total. The van der Waals surface area contributed by atoms with Crippen LogP contribution in [0.1, 0.15) is 33.1 Å². The van der Waals surface area contributed by atoms with Gasteiger partial charge in [0.1, 0.15) is 5.78 Å². The Morgan fingerprint density at radius 3 is 2.42 bits per heavy atom. The Labute approximate surface area is 73.5 Å². The van der Waals surface area contributed by atoms with Gasteiger partial charge in [0, 0.05) is 11.3 Å². The monoisotopic (exact) mass is 164 g/mol. The molecule has 2 bridgehead atoms. The zero-order valence-corrected chi connectivity index (χ0v) is 7.84. The first-order valence-electron chi connectivity index (χ1n) is 5.19. The number of carbonyl (C=O) groups excluding carboxylic acids is 1. The molecule has 5 atom stereocenters. The Morgan fingerprint density at radius 1 is 1.25 bits per heavy atom. The minimum Gasteiger partial charge on any atom is -0.299 e. The third kappa shape index (κ3) is 0.512. The predicted octanol–water partition coefficient (Wildman–Crippen LogP) is 2.26. The fourth-order valence-corrected chi connectivity index (χ4v) is 4.29. The van der Waals surface area contributed by atoms with Crippen LogP contribution in [0.25, 0.3) is 0 Å². The summed E-state index contributed by atoms with van der Waals surface area (Å²) in [5.74, 6) is 3.41. The van der Waals surface area contributed by atoms with Crippen LogP contribution in [-0.4, -0.2) is 5.78 Å². The highest BCUT2D eigenvalue weighted by molar-refractivity contribution is 5.93. The summed E-state index contributed by atoms with van der Waals surface area (Å²) in [6.45, 7) is 4.57. The second-order valence-corrected chi connectivity index (χ2v) is 5.33. The van der Waals surface area contributed by atoms with E-state index in [1.165, 1.54) is 19.3 Å². The van der Waals surface area contributed by atoms with Gasteiger partial charge in [0.2, 0.25) is 0 Å². The third-order valence-corrected chi connectivity index (χ3v) is 4.79. The summed E-state index contributed by atoms with van der Waals surface area (Å²) < 4.78 is 0. The quantitative estimate of drug-likeness (QED) is 0.536. The molecule has 0 aromatic heterocycles. The highest BCUT2D eigenvalue weighted by Gasteiger charge is 2.68. The van der Waals surface area contributed by atoms with Crippen molar-refractivity contribution in [3.8, 4) is 0 Å². The molecule has 12 heavy (non-hydrogen) atoms. The highest BCUT2D eigenvalue weighted by atomic mass is 16.1. The first-order valence-corrected chi connectivity index (χ1v) is 5.19. The minimum atomic E-state index is 0.212. The van der Waals surface area contributed by atoms with Crippen molar-refractivity contribution in [3.63, 3.8) is 0 Å². The van der Waals surface area contributed by atoms with Crippen molar-refractivity contribution < 1.29 is 4.79 Å². The number of carbonyl (C=O) groups is 1. The third-order valence-electron chi connectivity index (χ3n) is 4.79. The molecule has 0 aromatic rings. The van der Waals surface area contributed by atoms with Crippen LogP contribution in [0.5, 0.6) is 0 Å². The molecule has 3 saturated carbocycles. The van der Waals surface area contributed by atoms with Crippen LogP contribution in [-0.2, 0) is 4.79 Å². The fourth-order valence-electron chi connectivity index (χ4n) is 4.29. The first kappa shape index (κ1) is 7.11. The number of ketones is 1. The van der Waals surface area contributed by atoms with Crippen LogP contribution in [0.4, 0.5) is 0 Å². The Morgan fingerprint density at radius 2 is 1.92 bits per heavy atom. The van der Waals surface area contributed by atoms with Gasteiger partial charge in [-0.05, 0) is 37.0 Å². The maximum atomic E-state index is 11.9. The first-order chi connectivity index (χ1) is 5.65. The molecule has 0 saturated heterocycles. The van der Waals surface area contributed by atoms with E-state index in [0.29, 0.717) is 17.6 Å². The number of fused-ring (bicyclic) bond motifs is 1. The predicted molar refractivity (Wildman–Crippen MR) is 46.6 cm³/mol. The van der Waals surface area contributed by atoms with E-state index in [1.807, 2.05) is 0 Å². The molecule has 3 rings (SSSR count). The van der Waals surface area contributed by atoms with Gasteiger partial charge < -0.3 is 0 Å². The Hall–Kier alpha value is -0.330. The van der Waals surface area contributed by atoms with E-state index in [-0.39, 0.29) is 5.41 Å². The van der Waals surface area contributed by atoms with E-state index >= 15 is 0 Å². The maximum absolute atomic E-state index is 11.9. The van der Waals surface area contributed by atoms with Crippen molar-refractivity contribution in [1.82, 2.24) is 0 Å². The van der Waals surface area contributed by atoms with E-state index in [4.69, 9.17) is 0 Å². The molecule has 3 aliphatic rings. The number of Topliss-reactive ketones (excluding diaryl/α,β-unsaturated/α-hetero) is 1. The molecule has 3 aliphatic carbocycles. The van der Waals surface area contributed by atoms with E-state index in [1.54, 1.807) is 0 Å². The SMILES string of the molecule is CC1CC23CC(C)C2CC1C3=O. The van der Waals surface area contributed by atoms with E-state index < -0.39 is 0 Å². The van der Waals surface area contributed by atoms with Crippen LogP contribution < -0.4 is 0 Å². The molecule has 1 heteroatoms. The van der Waals surface area contributed by atoms with Gasteiger partial charge in [-0.2, -0.15) is 0 Å². The second kappa shape index (κ2) is 1.78. The fraction of sp³-hybridized carbons (Fsp3) is 0.909.